The number of carbonyl (C=O) groups excluding carboxylic acids is 4. The van der Waals surface area contributed by atoms with Gasteiger partial charge in [0.15, 0.2) is 5.78 Å². The van der Waals surface area contributed by atoms with Crippen LogP contribution in [-0.4, -0.2) is 80.7 Å². The van der Waals surface area contributed by atoms with Crippen LogP contribution in [0.1, 0.15) is 141 Å². The summed E-state index contributed by atoms with van der Waals surface area (Å²) in [7, 11) is 0. The summed E-state index contributed by atoms with van der Waals surface area (Å²) in [5.74, 6) is -2.08. The molecule has 0 aromatic heterocycles. The molecule has 0 spiro atoms. The van der Waals surface area contributed by atoms with Gasteiger partial charge in [0.05, 0.1) is 6.04 Å². The number of aliphatic carboxylic acids is 1. The van der Waals surface area contributed by atoms with Crippen LogP contribution >= 0.6 is 0 Å². The number of aromatic hydroxyl groups is 1. The van der Waals surface area contributed by atoms with Gasteiger partial charge in [-0.3, -0.25) is 19.2 Å². The number of ketones is 1. The first-order valence-corrected chi connectivity index (χ1v) is 19.3. The van der Waals surface area contributed by atoms with Crippen molar-refractivity contribution in [2.45, 2.75) is 160 Å². The van der Waals surface area contributed by atoms with Gasteiger partial charge in [-0.25, -0.2) is 4.79 Å². The van der Waals surface area contributed by atoms with Crippen LogP contribution in [-0.2, 0) is 30.4 Å². The molecule has 10 heteroatoms. The molecule has 2 heterocycles. The van der Waals surface area contributed by atoms with Crippen molar-refractivity contribution in [1.29, 1.82) is 0 Å². The van der Waals surface area contributed by atoms with Crippen LogP contribution in [0.3, 0.4) is 0 Å². The van der Waals surface area contributed by atoms with Crippen molar-refractivity contribution in [3.05, 3.63) is 42.0 Å². The molecule has 278 valence electrons. The van der Waals surface area contributed by atoms with Crippen molar-refractivity contribution in [1.82, 2.24) is 15.1 Å². The number of allylic oxidation sites excluding steroid dienone is 2. The fourth-order valence-corrected chi connectivity index (χ4v) is 7.11. The van der Waals surface area contributed by atoms with Crippen LogP contribution in [0.15, 0.2) is 36.4 Å². The molecular formula is C40H61N3O7. The topological polar surface area (TPSA) is 144 Å². The zero-order chi connectivity index (χ0) is 36.1. The van der Waals surface area contributed by atoms with Crippen molar-refractivity contribution < 1.29 is 34.2 Å². The van der Waals surface area contributed by atoms with E-state index >= 15 is 0 Å². The molecule has 2 aliphatic rings. The Balaban J connectivity index is 1.34. The average Bonchev–Trinajstić information content (AvgIpc) is 3.80. The van der Waals surface area contributed by atoms with Gasteiger partial charge >= 0.3 is 5.97 Å². The van der Waals surface area contributed by atoms with Crippen LogP contribution in [0.5, 0.6) is 5.75 Å². The molecule has 1 aromatic rings. The molecule has 0 bridgehead atoms. The summed E-state index contributed by atoms with van der Waals surface area (Å²) >= 11 is 0. The number of unbranched alkanes of at least 4 members (excludes halogenated alkanes) is 11. The number of carboxylic acid groups (broad SMARTS) is 1. The number of carbonyl (C=O) groups is 5. The quantitative estimate of drug-likeness (QED) is 0.0791. The molecule has 0 saturated carbocycles. The SMILES string of the molecule is CCCCCCCC/C=C\CCCCCCCC(=O)N1CCC[C@H]1C(=O)N1CCC[C@H]1C(=O)CCC(=O)N[C@@H](Cc1ccc(O)cc1)C(=O)O. The molecule has 0 radical (unpaired) electrons. The highest BCUT2D eigenvalue weighted by molar-refractivity contribution is 5.95. The summed E-state index contributed by atoms with van der Waals surface area (Å²) in [6, 6.07) is 3.72. The lowest BCUT2D eigenvalue weighted by Gasteiger charge is -2.31. The molecule has 10 nitrogen and oxygen atoms in total. The normalized spacial score (nSPS) is 18.1. The van der Waals surface area contributed by atoms with E-state index in [-0.39, 0.29) is 42.6 Å². The molecular weight excluding hydrogens is 634 g/mol. The van der Waals surface area contributed by atoms with Gasteiger partial charge in [-0.15, -0.1) is 0 Å². The number of hydrogen-bond donors (Lipinski definition) is 3. The third-order valence-corrected chi connectivity index (χ3v) is 10.0. The zero-order valence-corrected chi connectivity index (χ0v) is 30.3. The molecule has 2 fully saturated rings. The number of rotatable bonds is 24. The molecule has 1 aromatic carbocycles. The van der Waals surface area contributed by atoms with Crippen LogP contribution in [0.2, 0.25) is 0 Å². The first kappa shape index (κ1) is 40.7. The van der Waals surface area contributed by atoms with E-state index in [4.69, 9.17) is 0 Å². The number of phenolic OH excluding ortho intramolecular Hbond substituents is 1. The number of nitrogens with one attached hydrogen (secondary N) is 1. The van der Waals surface area contributed by atoms with Crippen molar-refractivity contribution in [3.8, 4) is 5.75 Å². The van der Waals surface area contributed by atoms with E-state index in [2.05, 4.69) is 24.4 Å². The molecule has 2 saturated heterocycles. The van der Waals surface area contributed by atoms with E-state index in [0.717, 1.165) is 38.5 Å². The second-order valence-electron chi connectivity index (χ2n) is 14.1. The molecule has 3 amide bonds. The number of amides is 3. The number of benzene rings is 1. The van der Waals surface area contributed by atoms with Crippen molar-refractivity contribution >= 4 is 29.5 Å². The summed E-state index contributed by atoms with van der Waals surface area (Å²) < 4.78 is 0. The first-order valence-electron chi connectivity index (χ1n) is 19.3. The van der Waals surface area contributed by atoms with Gasteiger partial charge in [0.25, 0.3) is 0 Å². The van der Waals surface area contributed by atoms with Crippen molar-refractivity contribution in [3.63, 3.8) is 0 Å². The molecule has 3 N–H and O–H groups in total. The second kappa shape index (κ2) is 22.9. The van der Waals surface area contributed by atoms with Gasteiger partial charge in [-0.05, 0) is 75.5 Å². The summed E-state index contributed by atoms with van der Waals surface area (Å²) in [6.45, 7) is 3.25. The lowest BCUT2D eigenvalue weighted by Crippen LogP contribution is -2.51. The van der Waals surface area contributed by atoms with Gasteiger partial charge < -0.3 is 25.3 Å². The third kappa shape index (κ3) is 14.3. The Kier molecular flexibility index (Phi) is 18.7. The molecule has 0 aliphatic carbocycles. The summed E-state index contributed by atoms with van der Waals surface area (Å²) in [6.07, 6.45) is 22.9. The summed E-state index contributed by atoms with van der Waals surface area (Å²) in [4.78, 5) is 67.7. The lowest BCUT2D eigenvalue weighted by molar-refractivity contribution is -0.146. The van der Waals surface area contributed by atoms with E-state index < -0.39 is 30.0 Å². The van der Waals surface area contributed by atoms with Gasteiger partial charge in [-0.1, -0.05) is 82.6 Å². The fourth-order valence-electron chi connectivity index (χ4n) is 7.11. The number of carboxylic acids is 1. The first-order chi connectivity index (χ1) is 24.2. The third-order valence-electron chi connectivity index (χ3n) is 10.0. The molecule has 3 rings (SSSR count). The number of hydrogen-bond acceptors (Lipinski definition) is 6. The zero-order valence-electron chi connectivity index (χ0n) is 30.3. The van der Waals surface area contributed by atoms with Crippen LogP contribution in [0.4, 0.5) is 0 Å². The molecule has 3 atom stereocenters. The largest absolute Gasteiger partial charge is 0.508 e. The smallest absolute Gasteiger partial charge is 0.326 e. The minimum absolute atomic E-state index is 0.0116. The minimum Gasteiger partial charge on any atom is -0.508 e. The predicted molar refractivity (Wildman–Crippen MR) is 195 cm³/mol. The van der Waals surface area contributed by atoms with Crippen LogP contribution in [0.25, 0.3) is 0 Å². The number of nitrogens with zero attached hydrogens (tertiary/aromatic N) is 2. The standard InChI is InChI=1S/C40H61N3O7/c1-2-3-4-5-6-7-8-9-10-11-12-13-14-15-16-21-38(47)42-28-18-20-35(42)39(48)43-29-17-19-34(43)36(45)26-27-37(46)41-33(40(49)50)30-31-22-24-32(44)25-23-31/h9-10,22-25,33-35,44H,2-8,11-21,26-30H2,1H3,(H,41,46)(H,49,50)/b10-9-/t33-,34-,35-/m0/s1. The maximum absolute atomic E-state index is 13.7. The Morgan fingerprint density at radius 3 is 1.98 bits per heavy atom. The van der Waals surface area contributed by atoms with Crippen LogP contribution in [0, 0.1) is 0 Å². The lowest BCUT2D eigenvalue weighted by atomic mass is 10.0. The Bertz CT molecular complexity index is 1250. The van der Waals surface area contributed by atoms with E-state index in [1.807, 2.05) is 0 Å². The molecule has 50 heavy (non-hydrogen) atoms. The van der Waals surface area contributed by atoms with Crippen LogP contribution < -0.4 is 5.32 Å². The number of likely N-dealkylation sites (tertiary alicyclic amines) is 2. The van der Waals surface area contributed by atoms with E-state index in [0.29, 0.717) is 44.3 Å². The highest BCUT2D eigenvalue weighted by atomic mass is 16.4. The van der Waals surface area contributed by atoms with Crippen molar-refractivity contribution in [2.24, 2.45) is 0 Å². The monoisotopic (exact) mass is 695 g/mol. The summed E-state index contributed by atoms with van der Waals surface area (Å²) in [5.41, 5.74) is 0.638. The number of Topliss-reactive ketones (excluding diaryl/α,β-unsaturated/α-hetero) is 1. The highest BCUT2D eigenvalue weighted by Crippen LogP contribution is 2.27. The maximum atomic E-state index is 13.7. The fraction of sp³-hybridized carbons (Fsp3) is 0.675. The van der Waals surface area contributed by atoms with Gasteiger partial charge in [0.1, 0.15) is 17.8 Å². The van der Waals surface area contributed by atoms with Gasteiger partial charge in [0.2, 0.25) is 17.7 Å². The average molecular weight is 696 g/mol. The highest BCUT2D eigenvalue weighted by Gasteiger charge is 2.41. The predicted octanol–water partition coefficient (Wildman–Crippen LogP) is 6.87. The summed E-state index contributed by atoms with van der Waals surface area (Å²) in [5, 5.41) is 21.5. The van der Waals surface area contributed by atoms with E-state index in [1.54, 1.807) is 21.9 Å². The number of phenols is 1. The Labute approximate surface area is 299 Å². The van der Waals surface area contributed by atoms with Gasteiger partial charge in [0, 0.05) is 38.8 Å². The Morgan fingerprint density at radius 2 is 1.34 bits per heavy atom. The molecule has 0 unspecified atom stereocenters. The second-order valence-corrected chi connectivity index (χ2v) is 14.1. The maximum Gasteiger partial charge on any atom is 0.326 e. The van der Waals surface area contributed by atoms with E-state index in [1.165, 1.54) is 63.5 Å². The Morgan fingerprint density at radius 1 is 0.760 bits per heavy atom. The van der Waals surface area contributed by atoms with Crippen molar-refractivity contribution in [2.75, 3.05) is 13.1 Å². The van der Waals surface area contributed by atoms with E-state index in [9.17, 15) is 34.2 Å². The molecule has 2 aliphatic heterocycles. The van der Waals surface area contributed by atoms with Gasteiger partial charge in [-0.2, -0.15) is 0 Å². The minimum atomic E-state index is -1.20. The Hall–Kier alpha value is -3.69.